The SMILES string of the molecule is Fc1cccc2oc(COc3cccnc3)cc12. The van der Waals surface area contributed by atoms with Gasteiger partial charge in [0.15, 0.2) is 0 Å². The summed E-state index contributed by atoms with van der Waals surface area (Å²) in [6, 6.07) is 9.99. The third-order valence-corrected chi connectivity index (χ3v) is 2.57. The average molecular weight is 243 g/mol. The summed E-state index contributed by atoms with van der Waals surface area (Å²) >= 11 is 0. The number of hydrogen-bond donors (Lipinski definition) is 0. The van der Waals surface area contributed by atoms with E-state index in [2.05, 4.69) is 4.98 Å². The number of furan rings is 1. The van der Waals surface area contributed by atoms with Crippen molar-refractivity contribution < 1.29 is 13.5 Å². The van der Waals surface area contributed by atoms with E-state index in [1.165, 1.54) is 6.07 Å². The fraction of sp³-hybridized carbons (Fsp3) is 0.0714. The molecule has 3 aromatic rings. The number of ether oxygens (including phenoxy) is 1. The Labute approximate surface area is 103 Å². The predicted octanol–water partition coefficient (Wildman–Crippen LogP) is 3.55. The van der Waals surface area contributed by atoms with Crippen molar-refractivity contribution in [1.29, 1.82) is 0 Å². The van der Waals surface area contributed by atoms with Crippen LogP contribution in [-0.2, 0) is 6.61 Å². The van der Waals surface area contributed by atoms with Crippen LogP contribution in [0.3, 0.4) is 0 Å². The average Bonchev–Trinajstić information content (AvgIpc) is 2.82. The smallest absolute Gasteiger partial charge is 0.146 e. The van der Waals surface area contributed by atoms with Crippen LogP contribution in [0.15, 0.2) is 53.2 Å². The first-order chi connectivity index (χ1) is 8.83. The molecule has 0 spiro atoms. The quantitative estimate of drug-likeness (QED) is 0.705. The first kappa shape index (κ1) is 10.8. The van der Waals surface area contributed by atoms with Gasteiger partial charge in [0, 0.05) is 6.20 Å². The van der Waals surface area contributed by atoms with Gasteiger partial charge in [-0.2, -0.15) is 0 Å². The highest BCUT2D eigenvalue weighted by molar-refractivity contribution is 5.78. The third-order valence-electron chi connectivity index (χ3n) is 2.57. The first-order valence-electron chi connectivity index (χ1n) is 5.53. The van der Waals surface area contributed by atoms with Crippen molar-refractivity contribution in [1.82, 2.24) is 4.98 Å². The second kappa shape index (κ2) is 4.49. The lowest BCUT2D eigenvalue weighted by Gasteiger charge is -2.01. The van der Waals surface area contributed by atoms with E-state index in [1.54, 1.807) is 42.7 Å². The molecule has 18 heavy (non-hydrogen) atoms. The van der Waals surface area contributed by atoms with Crippen LogP contribution in [0.5, 0.6) is 5.75 Å². The topological polar surface area (TPSA) is 35.3 Å². The standard InChI is InChI=1S/C14H10FNO2/c15-13-4-1-5-14-12(13)7-11(18-14)9-17-10-3-2-6-16-8-10/h1-8H,9H2. The van der Waals surface area contributed by atoms with E-state index in [0.717, 1.165) is 0 Å². The molecule has 0 saturated heterocycles. The Kier molecular flexibility index (Phi) is 2.68. The highest BCUT2D eigenvalue weighted by atomic mass is 19.1. The van der Waals surface area contributed by atoms with Gasteiger partial charge in [0.05, 0.1) is 11.6 Å². The van der Waals surface area contributed by atoms with Gasteiger partial charge in [0.25, 0.3) is 0 Å². The van der Waals surface area contributed by atoms with Crippen LogP contribution in [-0.4, -0.2) is 4.98 Å². The van der Waals surface area contributed by atoms with Crippen LogP contribution >= 0.6 is 0 Å². The minimum atomic E-state index is -0.288. The monoisotopic (exact) mass is 243 g/mol. The number of fused-ring (bicyclic) bond motifs is 1. The molecule has 0 aliphatic heterocycles. The van der Waals surface area contributed by atoms with Crippen LogP contribution in [0.2, 0.25) is 0 Å². The molecule has 2 heterocycles. The van der Waals surface area contributed by atoms with Crippen molar-refractivity contribution in [2.45, 2.75) is 6.61 Å². The summed E-state index contributed by atoms with van der Waals surface area (Å²) in [5.41, 5.74) is 0.528. The highest BCUT2D eigenvalue weighted by Gasteiger charge is 2.07. The van der Waals surface area contributed by atoms with Crippen LogP contribution < -0.4 is 4.74 Å². The third kappa shape index (κ3) is 2.05. The highest BCUT2D eigenvalue weighted by Crippen LogP contribution is 2.22. The lowest BCUT2D eigenvalue weighted by molar-refractivity contribution is 0.273. The molecule has 0 bridgehead atoms. The second-order valence-corrected chi connectivity index (χ2v) is 3.84. The Bertz CT molecular complexity index is 664. The van der Waals surface area contributed by atoms with Crippen molar-refractivity contribution in [3.8, 4) is 5.75 Å². The minimum Gasteiger partial charge on any atom is -0.484 e. The van der Waals surface area contributed by atoms with E-state index in [0.29, 0.717) is 22.5 Å². The number of aromatic nitrogens is 1. The molecule has 0 saturated carbocycles. The zero-order chi connectivity index (χ0) is 12.4. The molecular weight excluding hydrogens is 233 g/mol. The molecule has 0 fully saturated rings. The Balaban J connectivity index is 1.81. The zero-order valence-corrected chi connectivity index (χ0v) is 9.47. The summed E-state index contributed by atoms with van der Waals surface area (Å²) in [4.78, 5) is 3.94. The number of hydrogen-bond acceptors (Lipinski definition) is 3. The molecule has 0 atom stereocenters. The summed E-state index contributed by atoms with van der Waals surface area (Å²) in [7, 11) is 0. The summed E-state index contributed by atoms with van der Waals surface area (Å²) in [5, 5.41) is 0.474. The van der Waals surface area contributed by atoms with Crippen molar-refractivity contribution in [2.24, 2.45) is 0 Å². The van der Waals surface area contributed by atoms with Crippen LogP contribution in [0, 0.1) is 5.82 Å². The molecule has 0 aliphatic carbocycles. The van der Waals surface area contributed by atoms with Crippen LogP contribution in [0.1, 0.15) is 5.76 Å². The molecule has 0 amide bonds. The zero-order valence-electron chi connectivity index (χ0n) is 9.47. The van der Waals surface area contributed by atoms with Crippen molar-refractivity contribution in [3.05, 3.63) is 60.4 Å². The maximum Gasteiger partial charge on any atom is 0.146 e. The number of benzene rings is 1. The molecule has 90 valence electrons. The molecule has 0 N–H and O–H groups in total. The van der Waals surface area contributed by atoms with Crippen molar-refractivity contribution in [3.63, 3.8) is 0 Å². The molecular formula is C14H10FNO2. The van der Waals surface area contributed by atoms with Gasteiger partial charge in [-0.05, 0) is 30.3 Å². The second-order valence-electron chi connectivity index (χ2n) is 3.84. The van der Waals surface area contributed by atoms with Gasteiger partial charge in [-0.25, -0.2) is 4.39 Å². The first-order valence-corrected chi connectivity index (χ1v) is 5.53. The minimum absolute atomic E-state index is 0.250. The molecule has 3 rings (SSSR count). The van der Waals surface area contributed by atoms with Gasteiger partial charge >= 0.3 is 0 Å². The molecule has 2 aromatic heterocycles. The number of rotatable bonds is 3. The van der Waals surface area contributed by atoms with Gasteiger partial charge < -0.3 is 9.15 Å². The van der Waals surface area contributed by atoms with Crippen molar-refractivity contribution >= 4 is 11.0 Å². The van der Waals surface area contributed by atoms with E-state index in [-0.39, 0.29) is 12.4 Å². The summed E-state index contributed by atoms with van der Waals surface area (Å²) in [6.07, 6.45) is 3.28. The van der Waals surface area contributed by atoms with E-state index < -0.39 is 0 Å². The Morgan fingerprint density at radius 2 is 2.17 bits per heavy atom. The Hall–Kier alpha value is -2.36. The lowest BCUT2D eigenvalue weighted by atomic mass is 10.2. The Morgan fingerprint density at radius 1 is 1.22 bits per heavy atom. The van der Waals surface area contributed by atoms with Crippen LogP contribution in [0.4, 0.5) is 4.39 Å². The molecule has 0 aliphatic rings. The number of nitrogens with zero attached hydrogens (tertiary/aromatic N) is 1. The number of halogens is 1. The molecule has 3 nitrogen and oxygen atoms in total. The van der Waals surface area contributed by atoms with Gasteiger partial charge in [0.2, 0.25) is 0 Å². The Morgan fingerprint density at radius 3 is 2.94 bits per heavy atom. The number of pyridine rings is 1. The largest absolute Gasteiger partial charge is 0.484 e. The normalized spacial score (nSPS) is 10.7. The predicted molar refractivity (Wildman–Crippen MR) is 64.7 cm³/mol. The fourth-order valence-electron chi connectivity index (χ4n) is 1.74. The van der Waals surface area contributed by atoms with E-state index in [9.17, 15) is 4.39 Å². The van der Waals surface area contributed by atoms with Crippen molar-refractivity contribution in [2.75, 3.05) is 0 Å². The summed E-state index contributed by atoms with van der Waals surface area (Å²) in [6.45, 7) is 0.250. The van der Waals surface area contributed by atoms with E-state index >= 15 is 0 Å². The van der Waals surface area contributed by atoms with Gasteiger partial charge in [-0.3, -0.25) is 4.98 Å². The van der Waals surface area contributed by atoms with E-state index in [4.69, 9.17) is 9.15 Å². The summed E-state index contributed by atoms with van der Waals surface area (Å²) in [5.74, 6) is 0.946. The molecule has 4 heteroatoms. The summed E-state index contributed by atoms with van der Waals surface area (Å²) < 4.78 is 24.4. The van der Waals surface area contributed by atoms with Gasteiger partial charge in [-0.1, -0.05) is 6.07 Å². The maximum atomic E-state index is 13.5. The van der Waals surface area contributed by atoms with Crippen LogP contribution in [0.25, 0.3) is 11.0 Å². The molecule has 1 aromatic carbocycles. The molecule has 0 unspecified atom stereocenters. The van der Waals surface area contributed by atoms with Gasteiger partial charge in [0.1, 0.15) is 29.5 Å². The fourth-order valence-corrected chi connectivity index (χ4v) is 1.74. The lowest BCUT2D eigenvalue weighted by Crippen LogP contribution is -1.93. The molecule has 0 radical (unpaired) electrons. The van der Waals surface area contributed by atoms with E-state index in [1.807, 2.05) is 0 Å². The van der Waals surface area contributed by atoms with Gasteiger partial charge in [-0.15, -0.1) is 0 Å². The maximum absolute atomic E-state index is 13.5.